The first-order chi connectivity index (χ1) is 9.70. The van der Waals surface area contributed by atoms with Crippen molar-refractivity contribution in [2.24, 2.45) is 0 Å². The summed E-state index contributed by atoms with van der Waals surface area (Å²) in [4.78, 5) is 0. The lowest BCUT2D eigenvalue weighted by Gasteiger charge is -2.00. The van der Waals surface area contributed by atoms with Crippen molar-refractivity contribution in [1.29, 1.82) is 0 Å². The van der Waals surface area contributed by atoms with Gasteiger partial charge in [-0.2, -0.15) is 0 Å². The van der Waals surface area contributed by atoms with Crippen LogP contribution in [0.3, 0.4) is 0 Å². The molecule has 0 radical (unpaired) electrons. The predicted octanol–water partition coefficient (Wildman–Crippen LogP) is 3.12. The Kier molecular flexibility index (Phi) is 5.24. The molecule has 0 spiro atoms. The first-order valence-electron chi connectivity index (χ1n) is 7.00. The van der Waals surface area contributed by atoms with Gasteiger partial charge in [-0.25, -0.2) is 4.39 Å². The van der Waals surface area contributed by atoms with Gasteiger partial charge in [0.15, 0.2) is 0 Å². The maximum Gasteiger partial charge on any atom is 0.247 e. The van der Waals surface area contributed by atoms with E-state index in [1.165, 1.54) is 6.07 Å². The van der Waals surface area contributed by atoms with Gasteiger partial charge in [-0.15, -0.1) is 10.2 Å². The number of benzene rings is 1. The van der Waals surface area contributed by atoms with Crippen molar-refractivity contribution in [3.8, 4) is 11.5 Å². The fourth-order valence-corrected chi connectivity index (χ4v) is 1.86. The van der Waals surface area contributed by atoms with Crippen molar-refractivity contribution in [1.82, 2.24) is 15.5 Å². The summed E-state index contributed by atoms with van der Waals surface area (Å²) in [7, 11) is 0. The highest BCUT2D eigenvalue weighted by molar-refractivity contribution is 5.53. The summed E-state index contributed by atoms with van der Waals surface area (Å²) in [6.45, 7) is 5.82. The number of aryl methyl sites for hydroxylation is 2. The summed E-state index contributed by atoms with van der Waals surface area (Å²) >= 11 is 0. The maximum atomic E-state index is 13.5. The minimum atomic E-state index is -0.258. The van der Waals surface area contributed by atoms with Crippen LogP contribution in [0.15, 0.2) is 22.6 Å². The van der Waals surface area contributed by atoms with E-state index in [9.17, 15) is 4.39 Å². The van der Waals surface area contributed by atoms with E-state index in [4.69, 9.17) is 4.42 Å². The van der Waals surface area contributed by atoms with Crippen molar-refractivity contribution in [3.63, 3.8) is 0 Å². The van der Waals surface area contributed by atoms with Gasteiger partial charge in [0.2, 0.25) is 11.8 Å². The molecule has 20 heavy (non-hydrogen) atoms. The van der Waals surface area contributed by atoms with Crippen LogP contribution in [0.5, 0.6) is 0 Å². The molecule has 2 rings (SSSR count). The SMILES string of the molecule is CCCNCCCc1nnc(-c2ccc(C)c(F)c2)o1. The second-order valence-corrected chi connectivity index (χ2v) is 4.82. The monoisotopic (exact) mass is 277 g/mol. The summed E-state index contributed by atoms with van der Waals surface area (Å²) < 4.78 is 19.0. The Balaban J connectivity index is 1.93. The van der Waals surface area contributed by atoms with Crippen molar-refractivity contribution in [3.05, 3.63) is 35.5 Å². The van der Waals surface area contributed by atoms with Crippen LogP contribution in [0.2, 0.25) is 0 Å². The third kappa shape index (κ3) is 3.87. The second-order valence-electron chi connectivity index (χ2n) is 4.82. The van der Waals surface area contributed by atoms with Crippen LogP contribution in [0, 0.1) is 12.7 Å². The van der Waals surface area contributed by atoms with E-state index >= 15 is 0 Å². The van der Waals surface area contributed by atoms with Crippen LogP contribution in [-0.4, -0.2) is 23.3 Å². The molecule has 1 aromatic carbocycles. The van der Waals surface area contributed by atoms with E-state index in [0.29, 0.717) is 22.9 Å². The maximum absolute atomic E-state index is 13.5. The zero-order valence-electron chi connectivity index (χ0n) is 11.9. The van der Waals surface area contributed by atoms with Gasteiger partial charge in [-0.1, -0.05) is 13.0 Å². The highest BCUT2D eigenvalue weighted by atomic mass is 19.1. The number of rotatable bonds is 7. The molecule has 0 saturated heterocycles. The largest absolute Gasteiger partial charge is 0.421 e. The van der Waals surface area contributed by atoms with Crippen molar-refractivity contribution < 1.29 is 8.81 Å². The lowest BCUT2D eigenvalue weighted by molar-refractivity contribution is 0.490. The van der Waals surface area contributed by atoms with E-state index in [1.54, 1.807) is 19.1 Å². The van der Waals surface area contributed by atoms with Gasteiger partial charge >= 0.3 is 0 Å². The Morgan fingerprint density at radius 2 is 2.10 bits per heavy atom. The smallest absolute Gasteiger partial charge is 0.247 e. The average Bonchev–Trinajstić information content (AvgIpc) is 2.90. The molecule has 0 aliphatic rings. The van der Waals surface area contributed by atoms with Gasteiger partial charge in [-0.05, 0) is 50.6 Å². The predicted molar refractivity (Wildman–Crippen MR) is 75.9 cm³/mol. The zero-order valence-corrected chi connectivity index (χ0v) is 11.9. The van der Waals surface area contributed by atoms with Gasteiger partial charge in [-0.3, -0.25) is 0 Å². The highest BCUT2D eigenvalue weighted by Gasteiger charge is 2.10. The van der Waals surface area contributed by atoms with E-state index < -0.39 is 0 Å². The zero-order chi connectivity index (χ0) is 14.4. The second kappa shape index (κ2) is 7.14. The summed E-state index contributed by atoms with van der Waals surface area (Å²) in [5.74, 6) is 0.714. The quantitative estimate of drug-likeness (QED) is 0.790. The van der Waals surface area contributed by atoms with Crippen LogP contribution in [0.4, 0.5) is 4.39 Å². The Morgan fingerprint density at radius 1 is 1.25 bits per heavy atom. The number of hydrogen-bond donors (Lipinski definition) is 1. The molecule has 0 saturated carbocycles. The van der Waals surface area contributed by atoms with Crippen LogP contribution in [0.25, 0.3) is 11.5 Å². The van der Waals surface area contributed by atoms with Gasteiger partial charge < -0.3 is 9.73 Å². The molecule has 0 aliphatic heterocycles. The van der Waals surface area contributed by atoms with Crippen LogP contribution < -0.4 is 5.32 Å². The molecule has 0 bridgehead atoms. The Labute approximate surface area is 118 Å². The standard InChI is InChI=1S/C15H20FN3O/c1-3-8-17-9-4-5-14-18-19-15(20-14)12-7-6-11(2)13(16)10-12/h6-7,10,17H,3-5,8-9H2,1-2H3. The molecule has 0 aliphatic carbocycles. The Bertz CT molecular complexity index is 554. The van der Waals surface area contributed by atoms with Crippen molar-refractivity contribution in [2.75, 3.05) is 13.1 Å². The van der Waals surface area contributed by atoms with Crippen molar-refractivity contribution in [2.45, 2.75) is 33.1 Å². The average molecular weight is 277 g/mol. The first kappa shape index (κ1) is 14.7. The molecular formula is C15H20FN3O. The van der Waals surface area contributed by atoms with Gasteiger partial charge in [0.1, 0.15) is 5.82 Å². The Morgan fingerprint density at radius 3 is 2.85 bits per heavy atom. The molecular weight excluding hydrogens is 257 g/mol. The number of halogens is 1. The topological polar surface area (TPSA) is 51.0 Å². The fourth-order valence-electron chi connectivity index (χ4n) is 1.86. The first-order valence-corrected chi connectivity index (χ1v) is 7.00. The molecule has 1 N–H and O–H groups in total. The van der Waals surface area contributed by atoms with Gasteiger partial charge in [0.05, 0.1) is 0 Å². The molecule has 1 aromatic heterocycles. The summed E-state index contributed by atoms with van der Waals surface area (Å²) in [6, 6.07) is 4.93. The highest BCUT2D eigenvalue weighted by Crippen LogP contribution is 2.20. The fraction of sp³-hybridized carbons (Fsp3) is 0.467. The molecule has 0 amide bonds. The number of hydrogen-bond acceptors (Lipinski definition) is 4. The third-order valence-corrected chi connectivity index (χ3v) is 3.06. The minimum Gasteiger partial charge on any atom is -0.421 e. The van der Waals surface area contributed by atoms with E-state index in [0.717, 1.165) is 32.4 Å². The number of nitrogens with zero attached hydrogens (tertiary/aromatic N) is 2. The van der Waals surface area contributed by atoms with Crippen LogP contribution in [0.1, 0.15) is 31.2 Å². The van der Waals surface area contributed by atoms with E-state index in [1.807, 2.05) is 0 Å². The summed E-state index contributed by atoms with van der Waals surface area (Å²) in [5, 5.41) is 11.3. The van der Waals surface area contributed by atoms with Gasteiger partial charge in [0, 0.05) is 12.0 Å². The summed E-state index contributed by atoms with van der Waals surface area (Å²) in [6.07, 6.45) is 2.81. The normalized spacial score (nSPS) is 10.9. The molecule has 2 aromatic rings. The lowest BCUT2D eigenvalue weighted by Crippen LogP contribution is -2.16. The lowest BCUT2D eigenvalue weighted by atomic mass is 10.1. The molecule has 0 fully saturated rings. The molecule has 4 nitrogen and oxygen atoms in total. The number of nitrogens with one attached hydrogen (secondary N) is 1. The molecule has 5 heteroatoms. The minimum absolute atomic E-state index is 0.258. The Hall–Kier alpha value is -1.75. The molecule has 0 unspecified atom stereocenters. The molecule has 0 atom stereocenters. The van der Waals surface area contributed by atoms with E-state index in [2.05, 4.69) is 22.4 Å². The van der Waals surface area contributed by atoms with Crippen LogP contribution >= 0.6 is 0 Å². The summed E-state index contributed by atoms with van der Waals surface area (Å²) in [5.41, 5.74) is 1.23. The molecule has 108 valence electrons. The molecule has 1 heterocycles. The van der Waals surface area contributed by atoms with E-state index in [-0.39, 0.29) is 5.82 Å². The van der Waals surface area contributed by atoms with Crippen molar-refractivity contribution >= 4 is 0 Å². The number of aromatic nitrogens is 2. The van der Waals surface area contributed by atoms with Gasteiger partial charge in [0.25, 0.3) is 0 Å². The van der Waals surface area contributed by atoms with Crippen LogP contribution in [-0.2, 0) is 6.42 Å². The third-order valence-electron chi connectivity index (χ3n) is 3.06.